The summed E-state index contributed by atoms with van der Waals surface area (Å²) in [5, 5.41) is 4.36. The predicted octanol–water partition coefficient (Wildman–Crippen LogP) is 4.04. The van der Waals surface area contributed by atoms with Gasteiger partial charge in [-0.25, -0.2) is 9.31 Å². The number of aryl methyl sites for hydroxylation is 1. The Balaban J connectivity index is 2.08. The van der Waals surface area contributed by atoms with E-state index in [9.17, 15) is 4.79 Å². The Morgan fingerprint density at radius 2 is 2.00 bits per heavy atom. The molecule has 5 heteroatoms. The second-order valence-electron chi connectivity index (χ2n) is 5.91. The summed E-state index contributed by atoms with van der Waals surface area (Å²) in [6.07, 6.45) is 1.52. The van der Waals surface area contributed by atoms with Gasteiger partial charge in [-0.2, -0.15) is 5.10 Å². The zero-order valence-electron chi connectivity index (χ0n) is 14.6. The summed E-state index contributed by atoms with van der Waals surface area (Å²) >= 11 is 0. The summed E-state index contributed by atoms with van der Waals surface area (Å²) in [4.78, 5) is 12.0. The van der Waals surface area contributed by atoms with Crippen molar-refractivity contribution in [2.24, 2.45) is 0 Å². The first-order chi connectivity index (χ1) is 12.0. The van der Waals surface area contributed by atoms with Gasteiger partial charge < -0.3 is 9.47 Å². The van der Waals surface area contributed by atoms with Crippen molar-refractivity contribution in [1.82, 2.24) is 9.61 Å². The lowest BCUT2D eigenvalue weighted by atomic mass is 10.1. The molecule has 3 aromatic rings. The van der Waals surface area contributed by atoms with E-state index < -0.39 is 5.97 Å². The van der Waals surface area contributed by atoms with Crippen LogP contribution < -0.4 is 4.74 Å². The molecule has 0 unspecified atom stereocenters. The third-order valence-corrected chi connectivity index (χ3v) is 3.98. The van der Waals surface area contributed by atoms with Gasteiger partial charge in [0.15, 0.2) is 0 Å². The van der Waals surface area contributed by atoms with Gasteiger partial charge >= 0.3 is 5.97 Å². The fourth-order valence-corrected chi connectivity index (χ4v) is 2.83. The molecule has 0 N–H and O–H groups in total. The first-order valence-corrected chi connectivity index (χ1v) is 7.95. The van der Waals surface area contributed by atoms with Gasteiger partial charge in [-0.3, -0.25) is 0 Å². The quantitative estimate of drug-likeness (QED) is 0.660. The van der Waals surface area contributed by atoms with Crippen molar-refractivity contribution in [2.75, 3.05) is 7.11 Å². The Kier molecular flexibility index (Phi) is 4.57. The second-order valence-corrected chi connectivity index (χ2v) is 5.91. The molecule has 128 valence electrons. The van der Waals surface area contributed by atoms with E-state index in [1.807, 2.05) is 50.2 Å². The predicted molar refractivity (Wildman–Crippen MR) is 96.8 cm³/mol. The Bertz CT molecular complexity index is 942. The molecule has 0 aliphatic heterocycles. The first-order valence-electron chi connectivity index (χ1n) is 7.95. The van der Waals surface area contributed by atoms with Gasteiger partial charge in [0.05, 0.1) is 18.8 Å². The van der Waals surface area contributed by atoms with Gasteiger partial charge in [0.2, 0.25) is 0 Å². The molecule has 0 fully saturated rings. The monoisotopic (exact) mass is 336 g/mol. The van der Waals surface area contributed by atoms with Crippen LogP contribution in [0.15, 0.2) is 49.2 Å². The van der Waals surface area contributed by atoms with Crippen molar-refractivity contribution in [1.29, 1.82) is 0 Å². The number of nitrogens with zero attached hydrogens (tertiary/aromatic N) is 2. The maximum atomic E-state index is 12.0. The van der Waals surface area contributed by atoms with Crippen molar-refractivity contribution in [2.45, 2.75) is 20.5 Å². The topological polar surface area (TPSA) is 52.8 Å². The minimum Gasteiger partial charge on any atom is -0.487 e. The van der Waals surface area contributed by atoms with Crippen LogP contribution >= 0.6 is 0 Å². The van der Waals surface area contributed by atoms with Crippen LogP contribution in [0.5, 0.6) is 5.75 Å². The lowest BCUT2D eigenvalue weighted by Gasteiger charge is -2.15. The van der Waals surface area contributed by atoms with Gasteiger partial charge in [0, 0.05) is 0 Å². The van der Waals surface area contributed by atoms with Crippen LogP contribution in [0.4, 0.5) is 0 Å². The maximum Gasteiger partial charge on any atom is 0.341 e. The van der Waals surface area contributed by atoms with Gasteiger partial charge in [-0.1, -0.05) is 36.9 Å². The molecule has 0 saturated carbocycles. The summed E-state index contributed by atoms with van der Waals surface area (Å²) in [6.45, 7) is 8.29. The van der Waals surface area contributed by atoms with Crippen LogP contribution in [-0.2, 0) is 11.3 Å². The average Bonchev–Trinajstić information content (AvgIpc) is 3.05. The SMILES string of the molecule is C=C(C)c1c(OCc2ccccc2)cc(C)c2c(C(=O)OC)cnn12. The first kappa shape index (κ1) is 16.8. The summed E-state index contributed by atoms with van der Waals surface area (Å²) in [7, 11) is 1.36. The third kappa shape index (κ3) is 3.13. The number of allylic oxidation sites excluding steroid dienone is 1. The van der Waals surface area contributed by atoms with Gasteiger partial charge in [0.1, 0.15) is 23.6 Å². The van der Waals surface area contributed by atoms with Crippen molar-refractivity contribution >= 4 is 17.1 Å². The second kappa shape index (κ2) is 6.81. The largest absolute Gasteiger partial charge is 0.487 e. The molecule has 0 aliphatic carbocycles. The number of carbonyl (C=O) groups excluding carboxylic acids is 1. The number of esters is 1. The van der Waals surface area contributed by atoms with Crippen LogP contribution in [0.2, 0.25) is 0 Å². The van der Waals surface area contributed by atoms with Crippen molar-refractivity contribution in [3.8, 4) is 5.75 Å². The summed E-state index contributed by atoms with van der Waals surface area (Å²) in [5.41, 5.74) is 4.63. The van der Waals surface area contributed by atoms with Gasteiger partial charge in [-0.05, 0) is 36.6 Å². The Morgan fingerprint density at radius 1 is 1.28 bits per heavy atom. The van der Waals surface area contributed by atoms with Gasteiger partial charge in [-0.15, -0.1) is 0 Å². The van der Waals surface area contributed by atoms with Crippen LogP contribution in [-0.4, -0.2) is 22.7 Å². The van der Waals surface area contributed by atoms with Gasteiger partial charge in [0.25, 0.3) is 0 Å². The van der Waals surface area contributed by atoms with E-state index in [0.29, 0.717) is 23.4 Å². The van der Waals surface area contributed by atoms with E-state index in [4.69, 9.17) is 9.47 Å². The summed E-state index contributed by atoms with van der Waals surface area (Å²) in [6, 6.07) is 11.9. The Labute approximate surface area is 146 Å². The molecule has 2 aromatic heterocycles. The molecule has 2 heterocycles. The lowest BCUT2D eigenvalue weighted by Crippen LogP contribution is -2.06. The fraction of sp³-hybridized carbons (Fsp3) is 0.200. The molecule has 25 heavy (non-hydrogen) atoms. The van der Waals surface area contributed by atoms with E-state index in [-0.39, 0.29) is 0 Å². The normalized spacial score (nSPS) is 10.7. The molecule has 1 aromatic carbocycles. The highest BCUT2D eigenvalue weighted by Gasteiger charge is 2.20. The number of hydrogen-bond donors (Lipinski definition) is 0. The molecule has 0 atom stereocenters. The lowest BCUT2D eigenvalue weighted by molar-refractivity contribution is 0.0603. The highest BCUT2D eigenvalue weighted by Crippen LogP contribution is 2.31. The molecule has 5 nitrogen and oxygen atoms in total. The standard InChI is InChI=1S/C20H20N2O3/c1-13(2)18-17(25-12-15-8-6-5-7-9-15)10-14(3)19-16(20(23)24-4)11-21-22(18)19/h5-11H,1,12H2,2-4H3. The molecule has 0 bridgehead atoms. The average molecular weight is 336 g/mol. The maximum absolute atomic E-state index is 12.0. The van der Waals surface area contributed by atoms with Crippen LogP contribution in [0.1, 0.15) is 34.1 Å². The van der Waals surface area contributed by atoms with E-state index in [1.54, 1.807) is 4.52 Å². The third-order valence-electron chi connectivity index (χ3n) is 3.98. The van der Waals surface area contributed by atoms with Crippen molar-refractivity contribution < 1.29 is 14.3 Å². The molecule has 0 amide bonds. The highest BCUT2D eigenvalue weighted by molar-refractivity contribution is 5.98. The zero-order valence-corrected chi connectivity index (χ0v) is 14.6. The molecule has 0 radical (unpaired) electrons. The molecule has 0 saturated heterocycles. The number of fused-ring (bicyclic) bond motifs is 1. The van der Waals surface area contributed by atoms with Crippen LogP contribution in [0, 0.1) is 6.92 Å². The fourth-order valence-electron chi connectivity index (χ4n) is 2.83. The number of rotatable bonds is 5. The molecule has 0 aliphatic rings. The Morgan fingerprint density at radius 3 is 2.64 bits per heavy atom. The summed E-state index contributed by atoms with van der Waals surface area (Å²) in [5.74, 6) is 0.268. The number of methoxy groups -OCH3 is 1. The Hall–Kier alpha value is -3.08. The van der Waals surface area contributed by atoms with E-state index in [2.05, 4.69) is 11.7 Å². The summed E-state index contributed by atoms with van der Waals surface area (Å²) < 4.78 is 12.6. The zero-order chi connectivity index (χ0) is 18.0. The number of pyridine rings is 1. The minimum absolute atomic E-state index is 0.413. The minimum atomic E-state index is -0.413. The molecular formula is C20H20N2O3. The van der Waals surface area contributed by atoms with Crippen LogP contribution in [0.25, 0.3) is 11.1 Å². The van der Waals surface area contributed by atoms with E-state index >= 15 is 0 Å². The van der Waals surface area contributed by atoms with Crippen molar-refractivity contribution in [3.05, 3.63) is 71.6 Å². The number of aromatic nitrogens is 2. The molecule has 0 spiro atoms. The molecule has 3 rings (SSSR count). The van der Waals surface area contributed by atoms with Crippen LogP contribution in [0.3, 0.4) is 0 Å². The molecular weight excluding hydrogens is 316 g/mol. The number of benzene rings is 1. The number of ether oxygens (including phenoxy) is 2. The van der Waals surface area contributed by atoms with Crippen molar-refractivity contribution in [3.63, 3.8) is 0 Å². The number of carbonyl (C=O) groups is 1. The smallest absolute Gasteiger partial charge is 0.341 e. The highest BCUT2D eigenvalue weighted by atomic mass is 16.5. The van der Waals surface area contributed by atoms with E-state index in [1.165, 1.54) is 13.3 Å². The van der Waals surface area contributed by atoms with E-state index in [0.717, 1.165) is 22.4 Å². The number of hydrogen-bond acceptors (Lipinski definition) is 4.